The lowest BCUT2D eigenvalue weighted by Crippen LogP contribution is -2.33. The zero-order valence-electron chi connectivity index (χ0n) is 9.25. The highest BCUT2D eigenvalue weighted by molar-refractivity contribution is 7.85. The van der Waals surface area contributed by atoms with Crippen molar-refractivity contribution < 1.29 is 4.21 Å². The smallest absolute Gasteiger partial charge is 0.0265 e. The van der Waals surface area contributed by atoms with E-state index in [-0.39, 0.29) is 0 Å². The zero-order valence-corrected chi connectivity index (χ0v) is 10.1. The van der Waals surface area contributed by atoms with Gasteiger partial charge in [0.15, 0.2) is 0 Å². The van der Waals surface area contributed by atoms with Crippen molar-refractivity contribution >= 4 is 10.8 Å². The Hall–Kier alpha value is 0.150. The van der Waals surface area contributed by atoms with Crippen LogP contribution in [0, 0.1) is 23.7 Å². The maximum absolute atomic E-state index is 11.6. The lowest BCUT2D eigenvalue weighted by Gasteiger charge is -2.33. The van der Waals surface area contributed by atoms with Gasteiger partial charge in [0.1, 0.15) is 0 Å². The van der Waals surface area contributed by atoms with Crippen LogP contribution in [0.25, 0.3) is 0 Å². The van der Waals surface area contributed by atoms with Crippen molar-refractivity contribution in [1.82, 2.24) is 0 Å². The van der Waals surface area contributed by atoms with Crippen LogP contribution in [0.4, 0.5) is 0 Å². The normalized spacial score (nSPS) is 35.7. The first-order chi connectivity index (χ1) is 6.00. The third kappa shape index (κ3) is 3.08. The molecular weight excluding hydrogens is 180 g/mol. The standard InChI is InChI=1S/C11H22OS/c1-8(2)10-5-11(9(3)4)7-13(12)6-10/h8-11H,5-7H2,1-4H3. The quantitative estimate of drug-likeness (QED) is 0.673. The lowest BCUT2D eigenvalue weighted by atomic mass is 9.83. The van der Waals surface area contributed by atoms with E-state index in [0.717, 1.165) is 11.5 Å². The lowest BCUT2D eigenvalue weighted by molar-refractivity contribution is 0.277. The van der Waals surface area contributed by atoms with E-state index < -0.39 is 10.8 Å². The molecule has 1 nitrogen and oxygen atoms in total. The predicted molar refractivity (Wildman–Crippen MR) is 59.1 cm³/mol. The molecule has 0 aromatic heterocycles. The maximum atomic E-state index is 11.6. The minimum absolute atomic E-state index is 0.541. The Balaban J connectivity index is 2.57. The van der Waals surface area contributed by atoms with Crippen molar-refractivity contribution in [2.45, 2.75) is 34.1 Å². The molecule has 13 heavy (non-hydrogen) atoms. The molecule has 0 saturated carbocycles. The molecule has 2 heteroatoms. The summed E-state index contributed by atoms with van der Waals surface area (Å²) >= 11 is 0. The summed E-state index contributed by atoms with van der Waals surface area (Å²) in [4.78, 5) is 0. The molecule has 2 atom stereocenters. The van der Waals surface area contributed by atoms with Gasteiger partial charge < -0.3 is 0 Å². The van der Waals surface area contributed by atoms with Crippen molar-refractivity contribution in [2.24, 2.45) is 23.7 Å². The fourth-order valence-corrected chi connectivity index (χ4v) is 4.13. The van der Waals surface area contributed by atoms with Gasteiger partial charge in [-0.05, 0) is 30.1 Å². The van der Waals surface area contributed by atoms with Crippen LogP contribution in [0.3, 0.4) is 0 Å². The highest BCUT2D eigenvalue weighted by Gasteiger charge is 2.29. The summed E-state index contributed by atoms with van der Waals surface area (Å²) in [6, 6.07) is 0. The van der Waals surface area contributed by atoms with E-state index in [2.05, 4.69) is 27.7 Å². The summed E-state index contributed by atoms with van der Waals surface area (Å²) in [6.45, 7) is 9.02. The van der Waals surface area contributed by atoms with Crippen molar-refractivity contribution in [2.75, 3.05) is 11.5 Å². The molecule has 0 aliphatic carbocycles. The largest absolute Gasteiger partial charge is 0.260 e. The Kier molecular flexibility index (Phi) is 3.96. The summed E-state index contributed by atoms with van der Waals surface area (Å²) in [6.07, 6.45) is 1.29. The molecule has 0 aromatic rings. The van der Waals surface area contributed by atoms with Crippen LogP contribution in [0.2, 0.25) is 0 Å². The van der Waals surface area contributed by atoms with E-state index >= 15 is 0 Å². The molecule has 0 spiro atoms. The average molecular weight is 202 g/mol. The van der Waals surface area contributed by atoms with Crippen LogP contribution < -0.4 is 0 Å². The monoisotopic (exact) mass is 202 g/mol. The van der Waals surface area contributed by atoms with E-state index in [1.807, 2.05) is 0 Å². The van der Waals surface area contributed by atoms with Gasteiger partial charge in [-0.15, -0.1) is 0 Å². The first kappa shape index (κ1) is 11.2. The van der Waals surface area contributed by atoms with Gasteiger partial charge in [0, 0.05) is 22.3 Å². The summed E-state index contributed by atoms with van der Waals surface area (Å²) in [5.74, 6) is 4.68. The molecule has 0 N–H and O–H groups in total. The molecular formula is C11H22OS. The van der Waals surface area contributed by atoms with Crippen LogP contribution in [0.5, 0.6) is 0 Å². The van der Waals surface area contributed by atoms with Crippen LogP contribution in [-0.4, -0.2) is 15.7 Å². The van der Waals surface area contributed by atoms with Gasteiger partial charge in [-0.1, -0.05) is 27.7 Å². The van der Waals surface area contributed by atoms with Gasteiger partial charge in [0.2, 0.25) is 0 Å². The molecule has 0 amide bonds. The Morgan fingerprint density at radius 1 is 1.00 bits per heavy atom. The van der Waals surface area contributed by atoms with Gasteiger partial charge in [0.25, 0.3) is 0 Å². The minimum Gasteiger partial charge on any atom is -0.260 e. The fraction of sp³-hybridized carbons (Fsp3) is 1.00. The van der Waals surface area contributed by atoms with Gasteiger partial charge in [0.05, 0.1) is 0 Å². The Labute approximate surface area is 84.8 Å². The summed E-state index contributed by atoms with van der Waals surface area (Å²) in [5.41, 5.74) is 0. The molecule has 0 radical (unpaired) electrons. The molecule has 1 heterocycles. The fourth-order valence-electron chi connectivity index (χ4n) is 2.00. The molecule has 0 bridgehead atoms. The first-order valence-corrected chi connectivity index (χ1v) is 6.84. The van der Waals surface area contributed by atoms with E-state index in [9.17, 15) is 4.21 Å². The van der Waals surface area contributed by atoms with Gasteiger partial charge in [-0.25, -0.2) is 0 Å². The topological polar surface area (TPSA) is 17.1 Å². The molecule has 1 fully saturated rings. The van der Waals surface area contributed by atoms with Crippen molar-refractivity contribution in [3.63, 3.8) is 0 Å². The number of hydrogen-bond acceptors (Lipinski definition) is 1. The second kappa shape index (κ2) is 4.59. The van der Waals surface area contributed by atoms with Crippen LogP contribution in [-0.2, 0) is 10.8 Å². The average Bonchev–Trinajstić information content (AvgIpc) is 2.03. The van der Waals surface area contributed by atoms with Gasteiger partial charge >= 0.3 is 0 Å². The summed E-state index contributed by atoms with van der Waals surface area (Å²) in [5, 5.41) is 0. The SMILES string of the molecule is CC(C)C1CC(C(C)C)CS(=O)C1. The van der Waals surface area contributed by atoms with Crippen molar-refractivity contribution in [3.8, 4) is 0 Å². The molecule has 0 aromatic carbocycles. The zero-order chi connectivity index (χ0) is 10.0. The third-order valence-corrected chi connectivity index (χ3v) is 4.89. The van der Waals surface area contributed by atoms with E-state index in [1.165, 1.54) is 6.42 Å². The number of rotatable bonds is 2. The third-order valence-electron chi connectivity index (χ3n) is 3.29. The minimum atomic E-state index is -0.541. The second-order valence-corrected chi connectivity index (χ2v) is 6.56. The van der Waals surface area contributed by atoms with Crippen LogP contribution in [0.15, 0.2) is 0 Å². The maximum Gasteiger partial charge on any atom is 0.0265 e. The summed E-state index contributed by atoms with van der Waals surface area (Å²) in [7, 11) is -0.541. The van der Waals surface area contributed by atoms with E-state index in [1.54, 1.807) is 0 Å². The Morgan fingerprint density at radius 3 is 1.69 bits per heavy atom. The highest BCUT2D eigenvalue weighted by Crippen LogP contribution is 2.31. The predicted octanol–water partition coefficient (Wildman–Crippen LogP) is 2.68. The van der Waals surface area contributed by atoms with Crippen LogP contribution >= 0.6 is 0 Å². The van der Waals surface area contributed by atoms with E-state index in [0.29, 0.717) is 23.7 Å². The van der Waals surface area contributed by atoms with Crippen molar-refractivity contribution in [3.05, 3.63) is 0 Å². The first-order valence-electron chi connectivity index (χ1n) is 5.35. The Morgan fingerprint density at radius 2 is 1.38 bits per heavy atom. The van der Waals surface area contributed by atoms with E-state index in [4.69, 9.17) is 0 Å². The molecule has 1 saturated heterocycles. The second-order valence-electron chi connectivity index (χ2n) is 5.02. The molecule has 1 aliphatic rings. The molecule has 2 unspecified atom stereocenters. The Bertz CT molecular complexity index is 169. The summed E-state index contributed by atoms with van der Waals surface area (Å²) < 4.78 is 11.6. The molecule has 1 aliphatic heterocycles. The molecule has 78 valence electrons. The molecule has 1 rings (SSSR count). The highest BCUT2D eigenvalue weighted by atomic mass is 32.2. The van der Waals surface area contributed by atoms with Gasteiger partial charge in [-0.3, -0.25) is 4.21 Å². The van der Waals surface area contributed by atoms with Crippen LogP contribution in [0.1, 0.15) is 34.1 Å². The van der Waals surface area contributed by atoms with Gasteiger partial charge in [-0.2, -0.15) is 0 Å². The number of hydrogen-bond donors (Lipinski definition) is 0. The van der Waals surface area contributed by atoms with Crippen molar-refractivity contribution in [1.29, 1.82) is 0 Å².